The first kappa shape index (κ1) is 14.9. The smallest absolute Gasteiger partial charge is 0.161 e. The average molecular weight is 282 g/mol. The molecule has 108 valence electrons. The van der Waals surface area contributed by atoms with Crippen LogP contribution in [-0.4, -0.2) is 7.11 Å². The Bertz CT molecular complexity index is 660. The Kier molecular flexibility index (Phi) is 4.81. The lowest BCUT2D eigenvalue weighted by molar-refractivity contribution is 0.284. The molecule has 0 amide bonds. The van der Waals surface area contributed by atoms with E-state index in [-0.39, 0.29) is 6.04 Å². The summed E-state index contributed by atoms with van der Waals surface area (Å²) in [6.07, 6.45) is 0. The van der Waals surface area contributed by atoms with Crippen molar-refractivity contribution in [1.29, 1.82) is 5.26 Å². The Hall–Kier alpha value is -2.51. The van der Waals surface area contributed by atoms with Gasteiger partial charge in [0.1, 0.15) is 6.61 Å². The lowest BCUT2D eigenvalue weighted by Gasteiger charge is -2.14. The van der Waals surface area contributed by atoms with Gasteiger partial charge in [-0.3, -0.25) is 0 Å². The third kappa shape index (κ3) is 3.53. The van der Waals surface area contributed by atoms with E-state index in [0.29, 0.717) is 23.7 Å². The van der Waals surface area contributed by atoms with Gasteiger partial charge in [-0.1, -0.05) is 24.3 Å². The normalized spacial score (nSPS) is 11.5. The second-order valence-electron chi connectivity index (χ2n) is 4.76. The minimum absolute atomic E-state index is 0.0627. The van der Waals surface area contributed by atoms with E-state index in [2.05, 4.69) is 6.07 Å². The van der Waals surface area contributed by atoms with Crippen LogP contribution in [0.5, 0.6) is 11.5 Å². The first-order valence-electron chi connectivity index (χ1n) is 6.70. The number of ether oxygens (including phenoxy) is 2. The maximum absolute atomic E-state index is 9.07. The third-order valence-corrected chi connectivity index (χ3v) is 3.23. The molecular weight excluding hydrogens is 264 g/mol. The molecule has 0 fully saturated rings. The standard InChI is InChI=1S/C17H18N2O2/c1-12(19)13-7-8-16(17(9-13)20-2)21-11-15-6-4-3-5-14(15)10-18/h3-9,12H,11,19H2,1-2H3/t12-/m1/s1. The lowest BCUT2D eigenvalue weighted by Crippen LogP contribution is -2.06. The lowest BCUT2D eigenvalue weighted by atomic mass is 10.1. The quantitative estimate of drug-likeness (QED) is 0.914. The number of rotatable bonds is 5. The van der Waals surface area contributed by atoms with Crippen LogP contribution < -0.4 is 15.2 Å². The van der Waals surface area contributed by atoms with Crippen LogP contribution in [0.1, 0.15) is 29.7 Å². The molecule has 0 aliphatic carbocycles. The summed E-state index contributed by atoms with van der Waals surface area (Å²) in [4.78, 5) is 0. The Labute approximate surface area is 124 Å². The predicted molar refractivity (Wildman–Crippen MR) is 81.1 cm³/mol. The van der Waals surface area contributed by atoms with E-state index >= 15 is 0 Å². The minimum Gasteiger partial charge on any atom is -0.493 e. The summed E-state index contributed by atoms with van der Waals surface area (Å²) in [5.74, 6) is 1.27. The number of nitrogens with zero attached hydrogens (tertiary/aromatic N) is 1. The fourth-order valence-electron chi connectivity index (χ4n) is 2.00. The summed E-state index contributed by atoms with van der Waals surface area (Å²) in [5.41, 5.74) is 8.30. The first-order chi connectivity index (χ1) is 10.2. The molecule has 0 bridgehead atoms. The predicted octanol–water partition coefficient (Wildman–Crippen LogP) is 3.17. The summed E-state index contributed by atoms with van der Waals surface area (Å²) in [6.45, 7) is 2.23. The molecule has 2 rings (SSSR count). The fourth-order valence-corrected chi connectivity index (χ4v) is 2.00. The van der Waals surface area contributed by atoms with Gasteiger partial charge in [0.05, 0.1) is 18.7 Å². The summed E-state index contributed by atoms with van der Waals surface area (Å²) >= 11 is 0. The van der Waals surface area contributed by atoms with Crippen molar-refractivity contribution in [3.8, 4) is 17.6 Å². The van der Waals surface area contributed by atoms with Crippen molar-refractivity contribution in [1.82, 2.24) is 0 Å². The van der Waals surface area contributed by atoms with Crippen LogP contribution in [0.3, 0.4) is 0 Å². The molecular formula is C17H18N2O2. The molecule has 0 saturated heterocycles. The molecule has 2 aromatic carbocycles. The van der Waals surface area contributed by atoms with Crippen LogP contribution in [0.15, 0.2) is 42.5 Å². The molecule has 4 nitrogen and oxygen atoms in total. The van der Waals surface area contributed by atoms with Crippen LogP contribution in [-0.2, 0) is 6.61 Å². The summed E-state index contributed by atoms with van der Waals surface area (Å²) in [5, 5.41) is 9.07. The maximum atomic E-state index is 9.07. The van der Waals surface area contributed by atoms with E-state index in [9.17, 15) is 0 Å². The van der Waals surface area contributed by atoms with Crippen molar-refractivity contribution < 1.29 is 9.47 Å². The van der Waals surface area contributed by atoms with Gasteiger partial charge in [0.25, 0.3) is 0 Å². The Morgan fingerprint density at radius 2 is 1.95 bits per heavy atom. The van der Waals surface area contributed by atoms with E-state index in [0.717, 1.165) is 11.1 Å². The van der Waals surface area contributed by atoms with Gasteiger partial charge in [0, 0.05) is 11.6 Å². The second kappa shape index (κ2) is 6.78. The van der Waals surface area contributed by atoms with Crippen molar-refractivity contribution in [2.75, 3.05) is 7.11 Å². The van der Waals surface area contributed by atoms with Gasteiger partial charge in [-0.15, -0.1) is 0 Å². The monoisotopic (exact) mass is 282 g/mol. The van der Waals surface area contributed by atoms with E-state index in [4.69, 9.17) is 20.5 Å². The first-order valence-corrected chi connectivity index (χ1v) is 6.70. The number of methoxy groups -OCH3 is 1. The van der Waals surface area contributed by atoms with Crippen molar-refractivity contribution in [2.45, 2.75) is 19.6 Å². The molecule has 0 aliphatic rings. The van der Waals surface area contributed by atoms with Gasteiger partial charge in [0.15, 0.2) is 11.5 Å². The zero-order chi connectivity index (χ0) is 15.2. The van der Waals surface area contributed by atoms with E-state index < -0.39 is 0 Å². The zero-order valence-electron chi connectivity index (χ0n) is 12.2. The molecule has 21 heavy (non-hydrogen) atoms. The molecule has 0 spiro atoms. The Balaban J connectivity index is 2.18. The van der Waals surface area contributed by atoms with Crippen molar-refractivity contribution in [3.05, 3.63) is 59.2 Å². The van der Waals surface area contributed by atoms with Crippen molar-refractivity contribution >= 4 is 0 Å². The number of nitrogens with two attached hydrogens (primary N) is 1. The molecule has 0 heterocycles. The van der Waals surface area contributed by atoms with Crippen LogP contribution in [0.2, 0.25) is 0 Å². The number of benzene rings is 2. The van der Waals surface area contributed by atoms with E-state index in [1.807, 2.05) is 43.3 Å². The van der Waals surface area contributed by atoms with Crippen LogP contribution in [0, 0.1) is 11.3 Å². The fraction of sp³-hybridized carbons (Fsp3) is 0.235. The highest BCUT2D eigenvalue weighted by Crippen LogP contribution is 2.30. The zero-order valence-corrected chi connectivity index (χ0v) is 12.2. The Morgan fingerprint density at radius 1 is 1.19 bits per heavy atom. The highest BCUT2D eigenvalue weighted by molar-refractivity contribution is 5.44. The largest absolute Gasteiger partial charge is 0.493 e. The van der Waals surface area contributed by atoms with Gasteiger partial charge in [-0.25, -0.2) is 0 Å². The number of hydrogen-bond acceptors (Lipinski definition) is 4. The molecule has 0 aliphatic heterocycles. The van der Waals surface area contributed by atoms with Gasteiger partial charge < -0.3 is 15.2 Å². The van der Waals surface area contributed by atoms with Gasteiger partial charge in [-0.05, 0) is 30.7 Å². The molecule has 0 aromatic heterocycles. The van der Waals surface area contributed by atoms with E-state index in [1.54, 1.807) is 13.2 Å². The molecule has 1 atom stereocenters. The number of nitriles is 1. The van der Waals surface area contributed by atoms with Crippen LogP contribution >= 0.6 is 0 Å². The van der Waals surface area contributed by atoms with E-state index in [1.165, 1.54) is 0 Å². The van der Waals surface area contributed by atoms with Gasteiger partial charge >= 0.3 is 0 Å². The minimum atomic E-state index is -0.0627. The van der Waals surface area contributed by atoms with Crippen molar-refractivity contribution in [3.63, 3.8) is 0 Å². The molecule has 2 N–H and O–H groups in total. The van der Waals surface area contributed by atoms with Crippen LogP contribution in [0.25, 0.3) is 0 Å². The van der Waals surface area contributed by atoms with Gasteiger partial charge in [-0.2, -0.15) is 5.26 Å². The summed E-state index contributed by atoms with van der Waals surface area (Å²) in [6, 6.07) is 15.1. The topological polar surface area (TPSA) is 68.3 Å². The highest BCUT2D eigenvalue weighted by Gasteiger charge is 2.09. The SMILES string of the molecule is COc1cc([C@@H](C)N)ccc1OCc1ccccc1C#N. The maximum Gasteiger partial charge on any atom is 0.161 e. The second-order valence-corrected chi connectivity index (χ2v) is 4.76. The van der Waals surface area contributed by atoms with Gasteiger partial charge in [0.2, 0.25) is 0 Å². The average Bonchev–Trinajstić information content (AvgIpc) is 2.52. The molecule has 4 heteroatoms. The third-order valence-electron chi connectivity index (χ3n) is 3.23. The molecule has 0 radical (unpaired) electrons. The summed E-state index contributed by atoms with van der Waals surface area (Å²) in [7, 11) is 1.59. The molecule has 0 unspecified atom stereocenters. The van der Waals surface area contributed by atoms with Crippen molar-refractivity contribution in [2.24, 2.45) is 5.73 Å². The molecule has 2 aromatic rings. The highest BCUT2D eigenvalue weighted by atomic mass is 16.5. The summed E-state index contributed by atoms with van der Waals surface area (Å²) < 4.78 is 11.1. The Morgan fingerprint density at radius 3 is 2.62 bits per heavy atom. The number of hydrogen-bond donors (Lipinski definition) is 1. The molecule has 0 saturated carbocycles. The van der Waals surface area contributed by atoms with Crippen LogP contribution in [0.4, 0.5) is 0 Å².